The molecule has 2 aromatic carbocycles. The van der Waals surface area contributed by atoms with E-state index in [9.17, 15) is 0 Å². The second-order valence-corrected chi connectivity index (χ2v) is 6.72. The highest BCUT2D eigenvalue weighted by Crippen LogP contribution is 2.34. The van der Waals surface area contributed by atoms with E-state index in [0.29, 0.717) is 6.04 Å². The molecule has 0 aliphatic heterocycles. The number of nitrogens with one attached hydrogen (secondary N) is 1. The topological polar surface area (TPSA) is 12.0 Å². The Morgan fingerprint density at radius 2 is 1.67 bits per heavy atom. The van der Waals surface area contributed by atoms with Crippen molar-refractivity contribution in [3.63, 3.8) is 0 Å². The lowest BCUT2D eigenvalue weighted by atomic mass is 9.82. The highest BCUT2D eigenvalue weighted by Gasteiger charge is 2.22. The Morgan fingerprint density at radius 1 is 0.905 bits per heavy atom. The summed E-state index contributed by atoms with van der Waals surface area (Å²) in [6, 6.07) is 20.4. The molecule has 0 heterocycles. The molecule has 1 aliphatic carbocycles. The van der Waals surface area contributed by atoms with Crippen molar-refractivity contribution in [2.45, 2.75) is 42.5 Å². The van der Waals surface area contributed by atoms with Crippen LogP contribution in [0.3, 0.4) is 0 Å². The molecule has 0 saturated heterocycles. The molecule has 1 nitrogen and oxygen atoms in total. The predicted octanol–water partition coefficient (Wildman–Crippen LogP) is 5.55. The molecule has 0 aromatic heterocycles. The lowest BCUT2D eigenvalue weighted by Gasteiger charge is -2.30. The minimum atomic E-state index is 0.627. The quantitative estimate of drug-likeness (QED) is 0.743. The van der Waals surface area contributed by atoms with Gasteiger partial charge in [0.2, 0.25) is 0 Å². The van der Waals surface area contributed by atoms with Gasteiger partial charge in [0.25, 0.3) is 0 Å². The fraction of sp³-hybridized carbons (Fsp3) is 0.368. The lowest BCUT2D eigenvalue weighted by Crippen LogP contribution is -2.25. The first-order valence-electron chi connectivity index (χ1n) is 7.80. The molecule has 2 heteroatoms. The normalized spacial score (nSPS) is 22.0. The van der Waals surface area contributed by atoms with E-state index in [4.69, 9.17) is 0 Å². The number of hydrogen-bond donors (Lipinski definition) is 1. The molecule has 21 heavy (non-hydrogen) atoms. The van der Waals surface area contributed by atoms with Gasteiger partial charge in [0.15, 0.2) is 0 Å². The molecule has 0 atom stereocenters. The predicted molar refractivity (Wildman–Crippen MR) is 93.3 cm³/mol. The van der Waals surface area contributed by atoms with Gasteiger partial charge >= 0.3 is 0 Å². The first-order chi connectivity index (χ1) is 10.3. The Kier molecular flexibility index (Phi) is 4.87. The van der Waals surface area contributed by atoms with Crippen LogP contribution in [-0.2, 0) is 0 Å². The molecule has 1 N–H and O–H groups in total. The number of benzene rings is 2. The third-order valence-electron chi connectivity index (χ3n) is 4.44. The van der Waals surface area contributed by atoms with Crippen LogP contribution in [0.5, 0.6) is 0 Å². The van der Waals surface area contributed by atoms with Gasteiger partial charge in [0, 0.05) is 16.6 Å². The zero-order valence-electron chi connectivity index (χ0n) is 12.6. The molecule has 1 aliphatic rings. The lowest BCUT2D eigenvalue weighted by molar-refractivity contribution is 0.412. The van der Waals surface area contributed by atoms with Crippen LogP contribution in [0, 0.1) is 0 Å². The summed E-state index contributed by atoms with van der Waals surface area (Å²) in [5, 5.41) is 3.71. The molecular weight excluding hydrogens is 274 g/mol. The fourth-order valence-corrected chi connectivity index (χ4v) is 3.70. The van der Waals surface area contributed by atoms with Crippen LogP contribution in [0.2, 0.25) is 0 Å². The van der Waals surface area contributed by atoms with Crippen LogP contribution in [0.4, 0.5) is 5.69 Å². The molecular formula is C19H23NS. The Labute approximate surface area is 132 Å². The molecule has 0 amide bonds. The van der Waals surface area contributed by atoms with Crippen LogP contribution in [0.1, 0.15) is 37.2 Å². The van der Waals surface area contributed by atoms with Gasteiger partial charge in [-0.15, -0.1) is 11.8 Å². The van der Waals surface area contributed by atoms with Gasteiger partial charge in [0.1, 0.15) is 0 Å². The summed E-state index contributed by atoms with van der Waals surface area (Å²) in [7, 11) is 0. The highest BCUT2D eigenvalue weighted by molar-refractivity contribution is 7.98. The van der Waals surface area contributed by atoms with E-state index in [1.54, 1.807) is 11.8 Å². The van der Waals surface area contributed by atoms with E-state index in [1.165, 1.54) is 41.8 Å². The maximum absolute atomic E-state index is 3.71. The first-order valence-corrected chi connectivity index (χ1v) is 9.03. The van der Waals surface area contributed by atoms with Crippen LogP contribution < -0.4 is 5.32 Å². The van der Waals surface area contributed by atoms with Crippen molar-refractivity contribution >= 4 is 17.4 Å². The van der Waals surface area contributed by atoms with E-state index in [1.807, 2.05) is 0 Å². The van der Waals surface area contributed by atoms with E-state index in [-0.39, 0.29) is 0 Å². The minimum absolute atomic E-state index is 0.627. The molecule has 3 rings (SSSR count). The zero-order valence-corrected chi connectivity index (χ0v) is 13.4. The molecule has 110 valence electrons. The van der Waals surface area contributed by atoms with Crippen LogP contribution in [0.15, 0.2) is 59.5 Å². The van der Waals surface area contributed by atoms with Crippen molar-refractivity contribution in [2.24, 2.45) is 0 Å². The van der Waals surface area contributed by atoms with Crippen molar-refractivity contribution < 1.29 is 0 Å². The Hall–Kier alpha value is -1.41. The standard InChI is InChI=1S/C19H23NS/c1-21-19-9-5-8-18(14-19)20-17-12-10-16(11-13-17)15-6-3-2-4-7-15/h2-9,14,16-17,20H,10-13H2,1H3. The summed E-state index contributed by atoms with van der Waals surface area (Å²) in [6.45, 7) is 0. The summed E-state index contributed by atoms with van der Waals surface area (Å²) in [4.78, 5) is 1.33. The Morgan fingerprint density at radius 3 is 2.38 bits per heavy atom. The molecule has 0 unspecified atom stereocenters. The van der Waals surface area contributed by atoms with E-state index < -0.39 is 0 Å². The van der Waals surface area contributed by atoms with Crippen LogP contribution in [0.25, 0.3) is 0 Å². The summed E-state index contributed by atoms with van der Waals surface area (Å²) in [5.74, 6) is 0.752. The van der Waals surface area contributed by atoms with Crippen molar-refractivity contribution in [1.82, 2.24) is 0 Å². The fourth-order valence-electron chi connectivity index (χ4n) is 3.24. The third kappa shape index (κ3) is 3.82. The van der Waals surface area contributed by atoms with Crippen molar-refractivity contribution in [3.8, 4) is 0 Å². The summed E-state index contributed by atoms with van der Waals surface area (Å²) < 4.78 is 0. The summed E-state index contributed by atoms with van der Waals surface area (Å²) in [6.07, 6.45) is 7.25. The van der Waals surface area contributed by atoms with E-state index in [0.717, 1.165) is 5.92 Å². The van der Waals surface area contributed by atoms with Crippen LogP contribution >= 0.6 is 11.8 Å². The zero-order chi connectivity index (χ0) is 14.5. The average molecular weight is 297 g/mol. The average Bonchev–Trinajstić information content (AvgIpc) is 2.56. The summed E-state index contributed by atoms with van der Waals surface area (Å²) in [5.41, 5.74) is 2.78. The first kappa shape index (κ1) is 14.5. The second kappa shape index (κ2) is 7.04. The van der Waals surface area contributed by atoms with Gasteiger partial charge in [-0.1, -0.05) is 36.4 Å². The maximum atomic E-state index is 3.71. The molecule has 1 saturated carbocycles. The second-order valence-electron chi connectivity index (χ2n) is 5.84. The van der Waals surface area contributed by atoms with Gasteiger partial charge in [-0.05, 0) is 61.6 Å². The highest BCUT2D eigenvalue weighted by atomic mass is 32.2. The van der Waals surface area contributed by atoms with Crippen molar-refractivity contribution in [2.75, 3.05) is 11.6 Å². The van der Waals surface area contributed by atoms with Crippen LogP contribution in [-0.4, -0.2) is 12.3 Å². The molecule has 0 bridgehead atoms. The third-order valence-corrected chi connectivity index (χ3v) is 5.16. The van der Waals surface area contributed by atoms with E-state index in [2.05, 4.69) is 66.2 Å². The number of rotatable bonds is 4. The van der Waals surface area contributed by atoms with Gasteiger partial charge in [-0.3, -0.25) is 0 Å². The van der Waals surface area contributed by atoms with Crippen molar-refractivity contribution in [1.29, 1.82) is 0 Å². The monoisotopic (exact) mass is 297 g/mol. The number of anilines is 1. The van der Waals surface area contributed by atoms with Gasteiger partial charge in [0.05, 0.1) is 0 Å². The number of thioether (sulfide) groups is 1. The Balaban J connectivity index is 1.56. The largest absolute Gasteiger partial charge is 0.382 e. The van der Waals surface area contributed by atoms with Gasteiger partial charge in [-0.25, -0.2) is 0 Å². The summed E-state index contributed by atoms with van der Waals surface area (Å²) >= 11 is 1.80. The maximum Gasteiger partial charge on any atom is 0.0353 e. The molecule has 0 spiro atoms. The van der Waals surface area contributed by atoms with Gasteiger partial charge in [-0.2, -0.15) is 0 Å². The van der Waals surface area contributed by atoms with Crippen molar-refractivity contribution in [3.05, 3.63) is 60.2 Å². The minimum Gasteiger partial charge on any atom is -0.382 e. The number of hydrogen-bond acceptors (Lipinski definition) is 2. The molecule has 2 aromatic rings. The SMILES string of the molecule is CSc1cccc(NC2CCC(c3ccccc3)CC2)c1. The Bertz CT molecular complexity index is 559. The molecule has 0 radical (unpaired) electrons. The molecule has 1 fully saturated rings. The van der Waals surface area contributed by atoms with Gasteiger partial charge < -0.3 is 5.32 Å². The van der Waals surface area contributed by atoms with E-state index >= 15 is 0 Å². The smallest absolute Gasteiger partial charge is 0.0353 e.